The summed E-state index contributed by atoms with van der Waals surface area (Å²) in [5.41, 5.74) is 2.62. The van der Waals surface area contributed by atoms with Gasteiger partial charge in [0.1, 0.15) is 12.4 Å². The lowest BCUT2D eigenvalue weighted by atomic mass is 10.1. The topological polar surface area (TPSA) is 45.0 Å². The van der Waals surface area contributed by atoms with E-state index in [1.165, 1.54) is 0 Å². The number of nitrogens with zero attached hydrogens (tertiary/aromatic N) is 1. The molecule has 0 aliphatic carbocycles. The van der Waals surface area contributed by atoms with Gasteiger partial charge in [-0.1, -0.05) is 23.7 Å². The van der Waals surface area contributed by atoms with E-state index >= 15 is 0 Å². The van der Waals surface area contributed by atoms with Crippen molar-refractivity contribution in [3.8, 4) is 11.8 Å². The normalized spacial score (nSPS) is 11.7. The maximum atomic E-state index is 8.91. The molecule has 0 aromatic heterocycles. The second kappa shape index (κ2) is 7.12. The van der Waals surface area contributed by atoms with Gasteiger partial charge >= 0.3 is 0 Å². The van der Waals surface area contributed by atoms with Crippen LogP contribution in [-0.2, 0) is 6.61 Å². The summed E-state index contributed by atoms with van der Waals surface area (Å²) < 4.78 is 5.89. The van der Waals surface area contributed by atoms with Gasteiger partial charge < -0.3 is 10.1 Å². The van der Waals surface area contributed by atoms with Crippen LogP contribution in [0.5, 0.6) is 5.75 Å². The van der Waals surface area contributed by atoms with Crippen LogP contribution in [0.3, 0.4) is 0 Å². The fourth-order valence-corrected chi connectivity index (χ4v) is 2.22. The summed E-state index contributed by atoms with van der Waals surface area (Å²) in [5, 5.41) is 12.8. The number of benzene rings is 2. The van der Waals surface area contributed by atoms with Crippen molar-refractivity contribution in [3.63, 3.8) is 0 Å². The largest absolute Gasteiger partial charge is 0.489 e. The van der Waals surface area contributed by atoms with Crippen molar-refractivity contribution < 1.29 is 4.74 Å². The molecule has 2 aromatic rings. The van der Waals surface area contributed by atoms with Crippen LogP contribution >= 0.6 is 11.6 Å². The molecule has 2 rings (SSSR count). The van der Waals surface area contributed by atoms with Crippen molar-refractivity contribution in [2.75, 3.05) is 7.05 Å². The molecule has 21 heavy (non-hydrogen) atoms. The summed E-state index contributed by atoms with van der Waals surface area (Å²) in [6.45, 7) is 2.47. The lowest BCUT2D eigenvalue weighted by Crippen LogP contribution is -2.13. The summed E-state index contributed by atoms with van der Waals surface area (Å²) in [7, 11) is 1.89. The predicted octanol–water partition coefficient (Wildman–Crippen LogP) is 4.07. The minimum absolute atomic E-state index is 0.143. The number of hydrogen-bond acceptors (Lipinski definition) is 3. The van der Waals surface area contributed by atoms with Crippen molar-refractivity contribution in [2.45, 2.75) is 19.6 Å². The van der Waals surface area contributed by atoms with Crippen molar-refractivity contribution in [3.05, 3.63) is 64.2 Å². The zero-order chi connectivity index (χ0) is 15.2. The van der Waals surface area contributed by atoms with Crippen molar-refractivity contribution in [1.29, 1.82) is 5.26 Å². The van der Waals surface area contributed by atoms with E-state index in [9.17, 15) is 0 Å². The average molecular weight is 301 g/mol. The van der Waals surface area contributed by atoms with E-state index in [2.05, 4.69) is 18.3 Å². The zero-order valence-electron chi connectivity index (χ0n) is 12.1. The van der Waals surface area contributed by atoms with E-state index in [0.717, 1.165) is 16.9 Å². The van der Waals surface area contributed by atoms with Gasteiger partial charge in [0.05, 0.1) is 11.6 Å². The molecule has 0 bridgehead atoms. The molecular weight excluding hydrogens is 284 g/mol. The van der Waals surface area contributed by atoms with Gasteiger partial charge in [-0.2, -0.15) is 5.26 Å². The Hall–Kier alpha value is -2.02. The Kier molecular flexibility index (Phi) is 5.21. The Labute approximate surface area is 130 Å². The highest BCUT2D eigenvalue weighted by Crippen LogP contribution is 2.28. The zero-order valence-corrected chi connectivity index (χ0v) is 12.8. The number of halogens is 1. The van der Waals surface area contributed by atoms with E-state index in [1.807, 2.05) is 43.4 Å². The maximum absolute atomic E-state index is 8.91. The van der Waals surface area contributed by atoms with Gasteiger partial charge in [-0.05, 0) is 49.9 Å². The molecule has 108 valence electrons. The highest BCUT2D eigenvalue weighted by Gasteiger charge is 2.11. The molecule has 1 unspecified atom stereocenters. The van der Waals surface area contributed by atoms with E-state index in [4.69, 9.17) is 21.6 Å². The molecule has 3 nitrogen and oxygen atoms in total. The van der Waals surface area contributed by atoms with E-state index in [1.54, 1.807) is 6.07 Å². The number of hydrogen-bond donors (Lipinski definition) is 1. The first-order valence-corrected chi connectivity index (χ1v) is 7.10. The third-order valence-corrected chi connectivity index (χ3v) is 3.56. The smallest absolute Gasteiger partial charge is 0.124 e. The van der Waals surface area contributed by atoms with Crippen LogP contribution in [0, 0.1) is 11.3 Å². The van der Waals surface area contributed by atoms with Crippen LogP contribution in [0.2, 0.25) is 5.02 Å². The van der Waals surface area contributed by atoms with Crippen LogP contribution in [0.1, 0.15) is 29.7 Å². The van der Waals surface area contributed by atoms with Gasteiger partial charge in [-0.3, -0.25) is 0 Å². The second-order valence-corrected chi connectivity index (χ2v) is 5.23. The SMILES string of the molecule is CNC(C)c1cc(Cl)ccc1OCc1cccc(C#N)c1. The van der Waals surface area contributed by atoms with Crippen LogP contribution in [0.25, 0.3) is 0 Å². The molecule has 4 heteroatoms. The van der Waals surface area contributed by atoms with Crippen LogP contribution in [0.15, 0.2) is 42.5 Å². The van der Waals surface area contributed by atoms with E-state index in [-0.39, 0.29) is 6.04 Å². The first-order chi connectivity index (χ1) is 10.1. The third kappa shape index (κ3) is 3.98. The maximum Gasteiger partial charge on any atom is 0.124 e. The fourth-order valence-electron chi connectivity index (χ4n) is 2.04. The van der Waals surface area contributed by atoms with Gasteiger partial charge in [0, 0.05) is 16.6 Å². The first-order valence-electron chi connectivity index (χ1n) is 6.72. The van der Waals surface area contributed by atoms with E-state index < -0.39 is 0 Å². The van der Waals surface area contributed by atoms with Crippen molar-refractivity contribution in [2.24, 2.45) is 0 Å². The average Bonchev–Trinajstić information content (AvgIpc) is 2.53. The second-order valence-electron chi connectivity index (χ2n) is 4.79. The quantitative estimate of drug-likeness (QED) is 0.905. The highest BCUT2D eigenvalue weighted by atomic mass is 35.5. The van der Waals surface area contributed by atoms with Crippen molar-refractivity contribution in [1.82, 2.24) is 5.32 Å². The summed E-state index contributed by atoms with van der Waals surface area (Å²) in [4.78, 5) is 0. The van der Waals surface area contributed by atoms with Crippen LogP contribution in [0.4, 0.5) is 0 Å². The molecule has 0 radical (unpaired) electrons. The molecule has 0 aliphatic rings. The molecule has 2 aromatic carbocycles. The summed E-state index contributed by atoms with van der Waals surface area (Å²) in [6.07, 6.45) is 0. The molecule has 0 heterocycles. The lowest BCUT2D eigenvalue weighted by Gasteiger charge is -2.17. The Balaban J connectivity index is 2.18. The number of nitriles is 1. The third-order valence-electron chi connectivity index (χ3n) is 3.32. The molecule has 1 atom stereocenters. The molecule has 0 saturated carbocycles. The fraction of sp³-hybridized carbons (Fsp3) is 0.235. The minimum atomic E-state index is 0.143. The van der Waals surface area contributed by atoms with Gasteiger partial charge in [0.15, 0.2) is 0 Å². The molecule has 0 fully saturated rings. The molecule has 1 N–H and O–H groups in total. The Morgan fingerprint density at radius 2 is 2.10 bits per heavy atom. The Bertz CT molecular complexity index is 664. The summed E-state index contributed by atoms with van der Waals surface area (Å²) in [5.74, 6) is 0.795. The standard InChI is InChI=1S/C17H17ClN2O/c1-12(20-2)16-9-15(18)6-7-17(16)21-11-14-5-3-4-13(8-14)10-19/h3-9,12,20H,11H2,1-2H3. The van der Waals surface area contributed by atoms with Gasteiger partial charge in [0.2, 0.25) is 0 Å². The highest BCUT2D eigenvalue weighted by molar-refractivity contribution is 6.30. The molecular formula is C17H17ClN2O. The van der Waals surface area contributed by atoms with Crippen LogP contribution in [-0.4, -0.2) is 7.05 Å². The molecule has 0 amide bonds. The lowest BCUT2D eigenvalue weighted by molar-refractivity contribution is 0.300. The number of rotatable bonds is 5. The van der Waals surface area contributed by atoms with Gasteiger partial charge in [-0.25, -0.2) is 0 Å². The predicted molar refractivity (Wildman–Crippen MR) is 84.4 cm³/mol. The Morgan fingerprint density at radius 3 is 2.81 bits per heavy atom. The van der Waals surface area contributed by atoms with E-state index in [0.29, 0.717) is 17.2 Å². The van der Waals surface area contributed by atoms with Crippen LogP contribution < -0.4 is 10.1 Å². The van der Waals surface area contributed by atoms with Gasteiger partial charge in [0.25, 0.3) is 0 Å². The number of ether oxygens (including phenoxy) is 1. The molecule has 0 saturated heterocycles. The first kappa shape index (κ1) is 15.4. The summed E-state index contributed by atoms with van der Waals surface area (Å²) >= 11 is 6.06. The Morgan fingerprint density at radius 1 is 1.29 bits per heavy atom. The van der Waals surface area contributed by atoms with Crippen molar-refractivity contribution >= 4 is 11.6 Å². The summed E-state index contributed by atoms with van der Waals surface area (Å²) in [6, 6.07) is 15.3. The minimum Gasteiger partial charge on any atom is -0.489 e. The van der Waals surface area contributed by atoms with Gasteiger partial charge in [-0.15, -0.1) is 0 Å². The molecule has 0 spiro atoms. The monoisotopic (exact) mass is 300 g/mol. The number of nitrogens with one attached hydrogen (secondary N) is 1. The molecule has 0 aliphatic heterocycles.